The molecule has 2 aliphatic carbocycles. The molecule has 0 saturated heterocycles. The Labute approximate surface area is 154 Å². The number of allylic oxidation sites excluding steroid dienone is 1. The zero-order valence-electron chi connectivity index (χ0n) is 15.5. The maximum atomic E-state index is 6.39. The quantitative estimate of drug-likeness (QED) is 0.366. The van der Waals surface area contributed by atoms with Crippen LogP contribution in [0.1, 0.15) is 40.0 Å². The summed E-state index contributed by atoms with van der Waals surface area (Å²) in [5, 5.41) is 2.62. The molecule has 1 heteroatoms. The van der Waals surface area contributed by atoms with Crippen molar-refractivity contribution in [2.75, 3.05) is 0 Å². The molecule has 1 aliphatic heterocycles. The van der Waals surface area contributed by atoms with Crippen molar-refractivity contribution in [1.29, 1.82) is 0 Å². The van der Waals surface area contributed by atoms with Crippen LogP contribution in [0.3, 0.4) is 0 Å². The molecular weight excluding hydrogens is 316 g/mol. The summed E-state index contributed by atoms with van der Waals surface area (Å²) < 4.78 is 6.39. The number of fused-ring (bicyclic) bond motifs is 4. The summed E-state index contributed by atoms with van der Waals surface area (Å²) in [5.41, 5.74) is 9.33. The summed E-state index contributed by atoms with van der Waals surface area (Å²) in [5.74, 6) is 2.07. The highest BCUT2D eigenvalue weighted by Crippen LogP contribution is 2.47. The van der Waals surface area contributed by atoms with Crippen molar-refractivity contribution in [3.63, 3.8) is 0 Å². The smallest absolute Gasteiger partial charge is 0.143 e. The summed E-state index contributed by atoms with van der Waals surface area (Å²) in [7, 11) is 0. The van der Waals surface area contributed by atoms with Crippen molar-refractivity contribution in [1.82, 2.24) is 0 Å². The number of aryl methyl sites for hydroxylation is 2. The van der Waals surface area contributed by atoms with Crippen LogP contribution in [0.4, 0.5) is 0 Å². The lowest BCUT2D eigenvalue weighted by atomic mass is 9.88. The number of hydrogen-bond acceptors (Lipinski definition) is 1. The maximum absolute atomic E-state index is 6.39. The summed E-state index contributed by atoms with van der Waals surface area (Å²) in [6.07, 6.45) is 4.51. The van der Waals surface area contributed by atoms with Gasteiger partial charge in [-0.1, -0.05) is 54.6 Å². The van der Waals surface area contributed by atoms with Crippen LogP contribution >= 0.6 is 0 Å². The van der Waals surface area contributed by atoms with Gasteiger partial charge in [0, 0.05) is 11.1 Å². The highest BCUT2D eigenvalue weighted by molar-refractivity contribution is 6.12. The second-order valence-corrected chi connectivity index (χ2v) is 7.40. The third-order valence-electron chi connectivity index (χ3n) is 6.01. The van der Waals surface area contributed by atoms with E-state index in [1.165, 1.54) is 49.7 Å². The first kappa shape index (κ1) is 15.5. The van der Waals surface area contributed by atoms with E-state index in [4.69, 9.17) is 4.42 Å². The fraction of sp³-hybridized carbons (Fsp3) is 0.200. The largest absolute Gasteiger partial charge is 0.460 e. The van der Waals surface area contributed by atoms with Crippen LogP contribution in [0.2, 0.25) is 0 Å². The van der Waals surface area contributed by atoms with Crippen LogP contribution in [0.25, 0.3) is 33.7 Å². The van der Waals surface area contributed by atoms with Gasteiger partial charge in [0.15, 0.2) is 0 Å². The van der Waals surface area contributed by atoms with Gasteiger partial charge < -0.3 is 4.42 Å². The number of hydrogen-bond donors (Lipinski definition) is 0. The first-order valence-corrected chi connectivity index (χ1v) is 9.35. The Balaban J connectivity index is 1.87. The van der Waals surface area contributed by atoms with E-state index in [0.717, 1.165) is 24.4 Å². The molecule has 0 saturated carbocycles. The predicted octanol–water partition coefficient (Wildman–Crippen LogP) is 6.95. The van der Waals surface area contributed by atoms with E-state index in [9.17, 15) is 0 Å². The van der Waals surface area contributed by atoms with E-state index >= 15 is 0 Å². The molecule has 0 amide bonds. The van der Waals surface area contributed by atoms with Gasteiger partial charge in [-0.05, 0) is 72.2 Å². The molecule has 26 heavy (non-hydrogen) atoms. The monoisotopic (exact) mass is 338 g/mol. The zero-order chi connectivity index (χ0) is 17.8. The van der Waals surface area contributed by atoms with Crippen LogP contribution in [-0.2, 0) is 6.42 Å². The van der Waals surface area contributed by atoms with Gasteiger partial charge >= 0.3 is 0 Å². The lowest BCUT2D eigenvalue weighted by Crippen LogP contribution is -1.99. The molecule has 0 bridgehead atoms. The second-order valence-electron chi connectivity index (χ2n) is 7.40. The summed E-state index contributed by atoms with van der Waals surface area (Å²) in [6, 6.07) is 17.5. The van der Waals surface area contributed by atoms with Gasteiger partial charge in [-0.25, -0.2) is 0 Å². The van der Waals surface area contributed by atoms with Crippen LogP contribution in [0.15, 0.2) is 52.9 Å². The lowest BCUT2D eigenvalue weighted by molar-refractivity contribution is 0.524. The maximum Gasteiger partial charge on any atom is 0.143 e. The molecule has 0 N–H and O–H groups in total. The van der Waals surface area contributed by atoms with Crippen molar-refractivity contribution in [3.05, 3.63) is 82.1 Å². The van der Waals surface area contributed by atoms with Gasteiger partial charge in [0.1, 0.15) is 11.5 Å². The standard InChI is InChI=1S/C25H22O/c1-15-16(2)23-21-10-6-7-11-22(21)24(25(23)26-17(15)3)20-13-12-18-8-4-5-9-19(18)14-20/h4-11,14H,12-13H2,1-3H3. The van der Waals surface area contributed by atoms with Gasteiger partial charge in [-0.15, -0.1) is 0 Å². The minimum Gasteiger partial charge on any atom is -0.460 e. The van der Waals surface area contributed by atoms with Crippen molar-refractivity contribution in [3.8, 4) is 11.3 Å². The molecule has 0 fully saturated rings. The molecule has 0 aromatic heterocycles. The van der Waals surface area contributed by atoms with Crippen LogP contribution in [-0.4, -0.2) is 0 Å². The summed E-state index contributed by atoms with van der Waals surface area (Å²) in [4.78, 5) is 0. The molecule has 128 valence electrons. The molecule has 2 aromatic carbocycles. The van der Waals surface area contributed by atoms with E-state index in [2.05, 4.69) is 75.4 Å². The second kappa shape index (κ2) is 5.60. The molecule has 0 radical (unpaired) electrons. The van der Waals surface area contributed by atoms with E-state index in [1.54, 1.807) is 0 Å². The zero-order valence-corrected chi connectivity index (χ0v) is 15.5. The summed E-state index contributed by atoms with van der Waals surface area (Å²) in [6.45, 7) is 6.46. The van der Waals surface area contributed by atoms with E-state index in [-0.39, 0.29) is 0 Å². The number of benzene rings is 2. The van der Waals surface area contributed by atoms with Gasteiger partial charge in [-0.3, -0.25) is 0 Å². The Hall–Kier alpha value is -2.80. The molecule has 0 atom stereocenters. The molecule has 1 nitrogen and oxygen atoms in total. The van der Waals surface area contributed by atoms with Crippen molar-refractivity contribution < 1.29 is 4.42 Å². The first-order valence-electron chi connectivity index (χ1n) is 9.35. The Bertz CT molecular complexity index is 1160. The average Bonchev–Trinajstić information content (AvgIpc) is 2.99. The third kappa shape index (κ3) is 2.10. The predicted molar refractivity (Wildman–Crippen MR) is 110 cm³/mol. The highest BCUT2D eigenvalue weighted by Gasteiger charge is 2.26. The molecule has 2 aromatic rings. The van der Waals surface area contributed by atoms with Crippen molar-refractivity contribution in [2.24, 2.45) is 0 Å². The van der Waals surface area contributed by atoms with Gasteiger partial charge in [0.25, 0.3) is 0 Å². The normalized spacial score (nSPS) is 13.9. The van der Waals surface area contributed by atoms with Gasteiger partial charge in [0.2, 0.25) is 0 Å². The van der Waals surface area contributed by atoms with Crippen LogP contribution in [0.5, 0.6) is 0 Å². The SMILES string of the molecule is Cc1oc2c(C3=Cc4ccccc4CC3)c3ccccc3c-2c(C)c1C. The fourth-order valence-corrected chi connectivity index (χ4v) is 4.39. The Morgan fingerprint density at radius 3 is 2.23 bits per heavy atom. The third-order valence-corrected chi connectivity index (χ3v) is 6.01. The van der Waals surface area contributed by atoms with Gasteiger partial charge in [-0.2, -0.15) is 0 Å². The fourth-order valence-electron chi connectivity index (χ4n) is 4.39. The molecular formula is C25H22O. The van der Waals surface area contributed by atoms with Gasteiger partial charge in [0.05, 0.1) is 0 Å². The van der Waals surface area contributed by atoms with E-state index in [1.807, 2.05) is 0 Å². The number of rotatable bonds is 1. The topological polar surface area (TPSA) is 13.1 Å². The Morgan fingerprint density at radius 1 is 0.731 bits per heavy atom. The lowest BCUT2D eigenvalue weighted by Gasteiger charge is -2.18. The Morgan fingerprint density at radius 2 is 1.42 bits per heavy atom. The minimum atomic E-state index is 1.02. The molecule has 0 spiro atoms. The summed E-state index contributed by atoms with van der Waals surface area (Å²) >= 11 is 0. The molecule has 5 rings (SSSR count). The first-order chi connectivity index (χ1) is 12.6. The van der Waals surface area contributed by atoms with Crippen molar-refractivity contribution >= 4 is 22.4 Å². The van der Waals surface area contributed by atoms with E-state index < -0.39 is 0 Å². The Kier molecular flexibility index (Phi) is 3.33. The highest BCUT2D eigenvalue weighted by atomic mass is 16.3. The minimum absolute atomic E-state index is 1.02. The van der Waals surface area contributed by atoms with Crippen LogP contribution < -0.4 is 0 Å². The van der Waals surface area contributed by atoms with Crippen molar-refractivity contribution in [2.45, 2.75) is 33.6 Å². The van der Waals surface area contributed by atoms with Crippen LogP contribution in [0, 0.1) is 20.8 Å². The molecule has 0 unspecified atom stereocenters. The van der Waals surface area contributed by atoms with E-state index in [0.29, 0.717) is 0 Å². The average molecular weight is 338 g/mol. The molecule has 3 aliphatic rings. The molecule has 1 heterocycles.